The summed E-state index contributed by atoms with van der Waals surface area (Å²) in [6.07, 6.45) is 3.18. The third kappa shape index (κ3) is 2.34. The molecule has 0 aliphatic heterocycles. The first-order valence-corrected chi connectivity index (χ1v) is 6.35. The molecule has 1 aromatic rings. The highest BCUT2D eigenvalue weighted by atomic mass is 16.2. The number of benzene rings is 1. The summed E-state index contributed by atoms with van der Waals surface area (Å²) in [7, 11) is 0. The maximum atomic E-state index is 12.2. The average Bonchev–Trinajstić information content (AvgIpc) is 3.22. The van der Waals surface area contributed by atoms with Gasteiger partial charge in [-0.1, -0.05) is 30.3 Å². The predicted octanol–water partition coefficient (Wildman–Crippen LogP) is 1.52. The van der Waals surface area contributed by atoms with Crippen LogP contribution in [0.1, 0.15) is 24.8 Å². The lowest BCUT2D eigenvalue weighted by Crippen LogP contribution is -2.35. The maximum absolute atomic E-state index is 12.2. The van der Waals surface area contributed by atoms with Crippen LogP contribution in [0.5, 0.6) is 0 Å². The van der Waals surface area contributed by atoms with Crippen LogP contribution >= 0.6 is 0 Å². The zero-order valence-corrected chi connectivity index (χ0v) is 9.88. The maximum Gasteiger partial charge on any atom is 0.227 e. The molecule has 0 spiro atoms. The summed E-state index contributed by atoms with van der Waals surface area (Å²) >= 11 is 0. The van der Waals surface area contributed by atoms with Gasteiger partial charge in [0.1, 0.15) is 0 Å². The van der Waals surface area contributed by atoms with Crippen molar-refractivity contribution in [3.63, 3.8) is 0 Å². The summed E-state index contributed by atoms with van der Waals surface area (Å²) < 4.78 is 0. The smallest absolute Gasteiger partial charge is 0.227 e. The van der Waals surface area contributed by atoms with Gasteiger partial charge >= 0.3 is 0 Å². The van der Waals surface area contributed by atoms with E-state index in [0.717, 1.165) is 25.8 Å². The highest BCUT2D eigenvalue weighted by molar-refractivity contribution is 5.83. The van der Waals surface area contributed by atoms with Crippen molar-refractivity contribution in [1.29, 1.82) is 0 Å². The second-order valence-electron chi connectivity index (χ2n) is 5.19. The second kappa shape index (κ2) is 4.15. The molecule has 1 amide bonds. The van der Waals surface area contributed by atoms with E-state index in [0.29, 0.717) is 6.04 Å². The second-order valence-corrected chi connectivity index (χ2v) is 5.19. The third-order valence-electron chi connectivity index (χ3n) is 3.62. The lowest BCUT2D eigenvalue weighted by Gasteiger charge is -2.22. The Morgan fingerprint density at radius 2 is 1.94 bits per heavy atom. The number of carbonyl (C=O) groups excluding carboxylic acids is 1. The number of carbonyl (C=O) groups is 1. The number of hydrogen-bond acceptors (Lipinski definition) is 2. The first-order valence-electron chi connectivity index (χ1n) is 6.35. The number of nitrogens with zero attached hydrogens (tertiary/aromatic N) is 1. The molecule has 2 aliphatic carbocycles. The summed E-state index contributed by atoms with van der Waals surface area (Å²) in [6.45, 7) is 0.744. The summed E-state index contributed by atoms with van der Waals surface area (Å²) in [5, 5.41) is 0. The molecule has 0 aromatic heterocycles. The molecule has 3 nitrogen and oxygen atoms in total. The van der Waals surface area contributed by atoms with E-state index in [1.54, 1.807) is 0 Å². The van der Waals surface area contributed by atoms with E-state index >= 15 is 0 Å². The summed E-state index contributed by atoms with van der Waals surface area (Å²) in [4.78, 5) is 14.3. The molecule has 0 radical (unpaired) electrons. The average molecular weight is 230 g/mol. The molecule has 17 heavy (non-hydrogen) atoms. The molecule has 3 rings (SSSR count). The Bertz CT molecular complexity index is 413. The Labute approximate surface area is 102 Å². The van der Waals surface area contributed by atoms with Crippen molar-refractivity contribution in [2.45, 2.75) is 37.9 Å². The fourth-order valence-electron chi connectivity index (χ4n) is 2.26. The van der Waals surface area contributed by atoms with Gasteiger partial charge in [0.25, 0.3) is 0 Å². The van der Waals surface area contributed by atoms with Crippen molar-refractivity contribution in [2.24, 2.45) is 11.7 Å². The monoisotopic (exact) mass is 230 g/mol. The van der Waals surface area contributed by atoms with Gasteiger partial charge in [0.15, 0.2) is 0 Å². The van der Waals surface area contributed by atoms with Crippen LogP contribution in [0.25, 0.3) is 0 Å². The van der Waals surface area contributed by atoms with Crippen molar-refractivity contribution in [3.05, 3.63) is 35.9 Å². The minimum Gasteiger partial charge on any atom is -0.335 e. The first-order chi connectivity index (χ1) is 8.25. The van der Waals surface area contributed by atoms with Gasteiger partial charge in [-0.3, -0.25) is 4.79 Å². The summed E-state index contributed by atoms with van der Waals surface area (Å²) in [5.41, 5.74) is 6.98. The van der Waals surface area contributed by atoms with Crippen molar-refractivity contribution in [3.8, 4) is 0 Å². The molecular weight excluding hydrogens is 212 g/mol. The van der Waals surface area contributed by atoms with Crippen LogP contribution < -0.4 is 5.73 Å². The van der Waals surface area contributed by atoms with Crippen LogP contribution in [0, 0.1) is 5.92 Å². The minimum atomic E-state index is 0.0966. The summed E-state index contributed by atoms with van der Waals surface area (Å²) in [5.74, 6) is 0.364. The first kappa shape index (κ1) is 10.8. The van der Waals surface area contributed by atoms with E-state index < -0.39 is 0 Å². The van der Waals surface area contributed by atoms with Crippen molar-refractivity contribution >= 4 is 5.91 Å². The van der Waals surface area contributed by atoms with Gasteiger partial charge in [0.2, 0.25) is 5.91 Å². The Hall–Kier alpha value is -1.35. The van der Waals surface area contributed by atoms with E-state index in [4.69, 9.17) is 5.73 Å². The molecule has 2 aliphatic rings. The van der Waals surface area contributed by atoms with Gasteiger partial charge in [-0.2, -0.15) is 0 Å². The lowest BCUT2D eigenvalue weighted by molar-refractivity contribution is -0.133. The zero-order valence-electron chi connectivity index (χ0n) is 9.88. The fourth-order valence-corrected chi connectivity index (χ4v) is 2.26. The van der Waals surface area contributed by atoms with Gasteiger partial charge in [0.05, 0.1) is 5.92 Å². The molecule has 90 valence electrons. The van der Waals surface area contributed by atoms with E-state index in [1.165, 1.54) is 5.56 Å². The molecule has 0 heterocycles. The van der Waals surface area contributed by atoms with Gasteiger partial charge < -0.3 is 10.6 Å². The minimum absolute atomic E-state index is 0.0966. The van der Waals surface area contributed by atoms with Gasteiger partial charge in [-0.15, -0.1) is 0 Å². The number of amides is 1. The lowest BCUT2D eigenvalue weighted by atomic mass is 10.2. The Kier molecular flexibility index (Phi) is 2.63. The Balaban J connectivity index is 1.70. The van der Waals surface area contributed by atoms with Gasteiger partial charge in [-0.25, -0.2) is 0 Å². The normalized spacial score (nSPS) is 26.6. The van der Waals surface area contributed by atoms with E-state index in [2.05, 4.69) is 12.1 Å². The predicted molar refractivity (Wildman–Crippen MR) is 66.1 cm³/mol. The topological polar surface area (TPSA) is 46.3 Å². The molecular formula is C14H18N2O. The van der Waals surface area contributed by atoms with Crippen LogP contribution in [0.4, 0.5) is 0 Å². The third-order valence-corrected chi connectivity index (χ3v) is 3.62. The van der Waals surface area contributed by atoms with Crippen LogP contribution in [0.3, 0.4) is 0 Å². The molecule has 2 N–H and O–H groups in total. The highest BCUT2D eigenvalue weighted by Gasteiger charge is 2.45. The Morgan fingerprint density at radius 3 is 2.47 bits per heavy atom. The van der Waals surface area contributed by atoms with Crippen LogP contribution in [0.2, 0.25) is 0 Å². The van der Waals surface area contributed by atoms with E-state index in [-0.39, 0.29) is 17.9 Å². The molecule has 1 aromatic carbocycles. The molecule has 2 atom stereocenters. The molecule has 2 saturated carbocycles. The molecule has 2 unspecified atom stereocenters. The molecule has 0 saturated heterocycles. The SMILES string of the molecule is NC1CC1C(=O)N(Cc1ccccc1)C1CC1. The Morgan fingerprint density at radius 1 is 1.29 bits per heavy atom. The van der Waals surface area contributed by atoms with Crippen molar-refractivity contribution < 1.29 is 4.79 Å². The number of hydrogen-bond donors (Lipinski definition) is 1. The fraction of sp³-hybridized carbons (Fsp3) is 0.500. The molecule has 3 heteroatoms. The van der Waals surface area contributed by atoms with Crippen LogP contribution in [-0.2, 0) is 11.3 Å². The molecule has 0 bridgehead atoms. The summed E-state index contributed by atoms with van der Waals surface area (Å²) in [6, 6.07) is 10.8. The van der Waals surface area contributed by atoms with Crippen molar-refractivity contribution in [1.82, 2.24) is 4.90 Å². The largest absolute Gasteiger partial charge is 0.335 e. The van der Waals surface area contributed by atoms with Crippen LogP contribution in [0.15, 0.2) is 30.3 Å². The standard InChI is InChI=1S/C14H18N2O/c15-13-8-12(13)14(17)16(11-6-7-11)9-10-4-2-1-3-5-10/h1-5,11-13H,6-9,15H2. The number of nitrogens with two attached hydrogens (primary N) is 1. The number of rotatable bonds is 4. The van der Waals surface area contributed by atoms with E-state index in [1.807, 2.05) is 23.1 Å². The molecule has 2 fully saturated rings. The van der Waals surface area contributed by atoms with Gasteiger partial charge in [0, 0.05) is 18.6 Å². The quantitative estimate of drug-likeness (QED) is 0.852. The van der Waals surface area contributed by atoms with Crippen molar-refractivity contribution in [2.75, 3.05) is 0 Å². The van der Waals surface area contributed by atoms with E-state index in [9.17, 15) is 4.79 Å². The van der Waals surface area contributed by atoms with Gasteiger partial charge in [-0.05, 0) is 24.8 Å². The highest BCUT2D eigenvalue weighted by Crippen LogP contribution is 2.36. The zero-order chi connectivity index (χ0) is 11.8. The van der Waals surface area contributed by atoms with Crippen LogP contribution in [-0.4, -0.2) is 22.9 Å².